The predicted molar refractivity (Wildman–Crippen MR) is 54.5 cm³/mol. The summed E-state index contributed by atoms with van der Waals surface area (Å²) in [5, 5.41) is 0. The minimum atomic E-state index is 0.0149. The number of nitrogens with zero attached hydrogens (tertiary/aromatic N) is 1. The van der Waals surface area contributed by atoms with Gasteiger partial charge in [0.2, 0.25) is 5.91 Å². The summed E-state index contributed by atoms with van der Waals surface area (Å²) in [7, 11) is 0. The van der Waals surface area contributed by atoms with Crippen LogP contribution in [0.3, 0.4) is 0 Å². The van der Waals surface area contributed by atoms with Crippen LogP contribution in [0, 0.1) is 5.92 Å². The molecule has 0 spiro atoms. The highest BCUT2D eigenvalue weighted by Gasteiger charge is 2.17. The first-order chi connectivity index (χ1) is 6.74. The highest BCUT2D eigenvalue weighted by Crippen LogP contribution is 2.12. The van der Waals surface area contributed by atoms with E-state index >= 15 is 0 Å². The highest BCUT2D eigenvalue weighted by molar-refractivity contribution is 5.87. The van der Waals surface area contributed by atoms with Crippen molar-refractivity contribution in [3.05, 3.63) is 24.0 Å². The Morgan fingerprint density at radius 2 is 2.14 bits per heavy atom. The molecule has 1 aromatic heterocycles. The SMILES string of the molecule is CCC(CC)C(=O)n1cccc1C=O. The van der Waals surface area contributed by atoms with E-state index in [1.165, 1.54) is 4.57 Å². The number of aromatic nitrogens is 1. The van der Waals surface area contributed by atoms with E-state index in [-0.39, 0.29) is 11.8 Å². The van der Waals surface area contributed by atoms with Crippen molar-refractivity contribution in [3.63, 3.8) is 0 Å². The molecule has 0 saturated carbocycles. The molecule has 0 aliphatic heterocycles. The van der Waals surface area contributed by atoms with E-state index in [1.807, 2.05) is 13.8 Å². The summed E-state index contributed by atoms with van der Waals surface area (Å²) >= 11 is 0. The van der Waals surface area contributed by atoms with E-state index < -0.39 is 0 Å². The van der Waals surface area contributed by atoms with Crippen LogP contribution in [-0.2, 0) is 0 Å². The van der Waals surface area contributed by atoms with Crippen LogP contribution in [-0.4, -0.2) is 16.8 Å². The number of carbonyl (C=O) groups is 2. The van der Waals surface area contributed by atoms with E-state index in [0.29, 0.717) is 12.0 Å². The van der Waals surface area contributed by atoms with Gasteiger partial charge in [0.05, 0.1) is 5.69 Å². The zero-order valence-electron chi connectivity index (χ0n) is 8.56. The highest BCUT2D eigenvalue weighted by atomic mass is 16.2. The molecule has 1 rings (SSSR count). The summed E-state index contributed by atoms with van der Waals surface area (Å²) in [6.45, 7) is 3.96. The van der Waals surface area contributed by atoms with Crippen LogP contribution in [0.25, 0.3) is 0 Å². The maximum Gasteiger partial charge on any atom is 0.234 e. The Labute approximate surface area is 83.7 Å². The fourth-order valence-corrected chi connectivity index (χ4v) is 1.53. The molecule has 0 unspecified atom stereocenters. The maximum absolute atomic E-state index is 11.9. The first kappa shape index (κ1) is 10.7. The van der Waals surface area contributed by atoms with Crippen molar-refractivity contribution in [1.29, 1.82) is 0 Å². The molecular weight excluding hydrogens is 178 g/mol. The van der Waals surface area contributed by atoms with Gasteiger partial charge in [-0.15, -0.1) is 0 Å². The monoisotopic (exact) mass is 193 g/mol. The fourth-order valence-electron chi connectivity index (χ4n) is 1.53. The Kier molecular flexibility index (Phi) is 3.63. The Bertz CT molecular complexity index is 324. The maximum atomic E-state index is 11.9. The number of hydrogen-bond donors (Lipinski definition) is 0. The third kappa shape index (κ3) is 1.92. The molecule has 0 bridgehead atoms. The summed E-state index contributed by atoms with van der Waals surface area (Å²) in [4.78, 5) is 22.5. The lowest BCUT2D eigenvalue weighted by Crippen LogP contribution is -2.21. The molecule has 0 aromatic carbocycles. The van der Waals surface area contributed by atoms with Crippen molar-refractivity contribution in [3.8, 4) is 0 Å². The minimum absolute atomic E-state index is 0.0149. The Balaban J connectivity index is 2.93. The van der Waals surface area contributed by atoms with Crippen LogP contribution in [0.1, 0.15) is 42.0 Å². The van der Waals surface area contributed by atoms with E-state index in [1.54, 1.807) is 18.3 Å². The Hall–Kier alpha value is -1.38. The van der Waals surface area contributed by atoms with E-state index in [9.17, 15) is 9.59 Å². The topological polar surface area (TPSA) is 39.1 Å². The molecule has 1 aromatic rings. The van der Waals surface area contributed by atoms with Crippen molar-refractivity contribution in [2.45, 2.75) is 26.7 Å². The lowest BCUT2D eigenvalue weighted by Gasteiger charge is -2.12. The van der Waals surface area contributed by atoms with Gasteiger partial charge in [0, 0.05) is 12.1 Å². The number of rotatable bonds is 4. The van der Waals surface area contributed by atoms with Crippen molar-refractivity contribution < 1.29 is 9.59 Å². The third-order valence-corrected chi connectivity index (χ3v) is 2.47. The molecule has 1 heterocycles. The van der Waals surface area contributed by atoms with Crippen molar-refractivity contribution in [2.75, 3.05) is 0 Å². The van der Waals surface area contributed by atoms with Crippen molar-refractivity contribution >= 4 is 12.2 Å². The van der Waals surface area contributed by atoms with Crippen LogP contribution in [0.4, 0.5) is 0 Å². The molecule has 3 heteroatoms. The molecule has 0 saturated heterocycles. The third-order valence-electron chi connectivity index (χ3n) is 2.47. The average Bonchev–Trinajstić information content (AvgIpc) is 2.67. The summed E-state index contributed by atoms with van der Waals surface area (Å²) in [6, 6.07) is 3.36. The van der Waals surface area contributed by atoms with Crippen LogP contribution in [0.2, 0.25) is 0 Å². The van der Waals surface area contributed by atoms with Gasteiger partial charge in [0.25, 0.3) is 0 Å². The number of carbonyl (C=O) groups excluding carboxylic acids is 2. The van der Waals surface area contributed by atoms with Gasteiger partial charge in [-0.2, -0.15) is 0 Å². The molecule has 0 N–H and O–H groups in total. The van der Waals surface area contributed by atoms with Crippen LogP contribution in [0.15, 0.2) is 18.3 Å². The first-order valence-corrected chi connectivity index (χ1v) is 4.91. The van der Waals surface area contributed by atoms with Crippen LogP contribution < -0.4 is 0 Å². The second-order valence-corrected chi connectivity index (χ2v) is 3.27. The molecule has 14 heavy (non-hydrogen) atoms. The minimum Gasteiger partial charge on any atom is -0.296 e. The van der Waals surface area contributed by atoms with Crippen molar-refractivity contribution in [1.82, 2.24) is 4.57 Å². The zero-order chi connectivity index (χ0) is 10.6. The summed E-state index contributed by atoms with van der Waals surface area (Å²) in [5.74, 6) is 0.0307. The van der Waals surface area contributed by atoms with Gasteiger partial charge in [0.1, 0.15) is 0 Å². The quantitative estimate of drug-likeness (QED) is 0.688. The Morgan fingerprint density at radius 3 is 2.64 bits per heavy atom. The molecule has 0 aliphatic rings. The molecule has 0 atom stereocenters. The lowest BCUT2D eigenvalue weighted by atomic mass is 10.0. The lowest BCUT2D eigenvalue weighted by molar-refractivity contribution is 0.0818. The fraction of sp³-hybridized carbons (Fsp3) is 0.455. The van der Waals surface area contributed by atoms with Gasteiger partial charge in [-0.3, -0.25) is 14.2 Å². The average molecular weight is 193 g/mol. The standard InChI is InChI=1S/C11H15NO2/c1-3-9(4-2)11(14)12-7-5-6-10(12)8-13/h5-9H,3-4H2,1-2H3. The van der Waals surface area contributed by atoms with E-state index in [4.69, 9.17) is 0 Å². The largest absolute Gasteiger partial charge is 0.296 e. The number of aldehydes is 1. The van der Waals surface area contributed by atoms with E-state index in [2.05, 4.69) is 0 Å². The molecule has 0 fully saturated rings. The van der Waals surface area contributed by atoms with Gasteiger partial charge in [-0.25, -0.2) is 0 Å². The van der Waals surface area contributed by atoms with Gasteiger partial charge in [0.15, 0.2) is 6.29 Å². The van der Waals surface area contributed by atoms with Gasteiger partial charge >= 0.3 is 0 Å². The summed E-state index contributed by atoms with van der Waals surface area (Å²) in [6.07, 6.45) is 3.97. The summed E-state index contributed by atoms with van der Waals surface area (Å²) < 4.78 is 1.44. The normalized spacial score (nSPS) is 10.5. The Morgan fingerprint density at radius 1 is 1.50 bits per heavy atom. The zero-order valence-corrected chi connectivity index (χ0v) is 8.56. The van der Waals surface area contributed by atoms with E-state index in [0.717, 1.165) is 12.8 Å². The molecule has 3 nitrogen and oxygen atoms in total. The molecular formula is C11H15NO2. The van der Waals surface area contributed by atoms with Crippen LogP contribution in [0.5, 0.6) is 0 Å². The van der Waals surface area contributed by atoms with Crippen LogP contribution >= 0.6 is 0 Å². The molecule has 0 aliphatic carbocycles. The first-order valence-electron chi connectivity index (χ1n) is 4.91. The molecule has 76 valence electrons. The number of hydrogen-bond acceptors (Lipinski definition) is 2. The summed E-state index contributed by atoms with van der Waals surface area (Å²) in [5.41, 5.74) is 0.432. The molecule has 0 radical (unpaired) electrons. The molecule has 0 amide bonds. The van der Waals surface area contributed by atoms with Gasteiger partial charge in [-0.05, 0) is 25.0 Å². The smallest absolute Gasteiger partial charge is 0.234 e. The second kappa shape index (κ2) is 4.74. The second-order valence-electron chi connectivity index (χ2n) is 3.27. The van der Waals surface area contributed by atoms with Gasteiger partial charge < -0.3 is 0 Å². The predicted octanol–water partition coefficient (Wildman–Crippen LogP) is 2.38. The van der Waals surface area contributed by atoms with Crippen molar-refractivity contribution in [2.24, 2.45) is 5.92 Å². The van der Waals surface area contributed by atoms with Gasteiger partial charge in [-0.1, -0.05) is 13.8 Å².